The van der Waals surface area contributed by atoms with Crippen molar-refractivity contribution >= 4 is 21.7 Å². The molecule has 0 spiro atoms. The van der Waals surface area contributed by atoms with Gasteiger partial charge in [-0.1, -0.05) is 0 Å². The standard InChI is InChI=1S/C24H22F5N3O4S/c1-37(35,36)14-4-13(9-30-10-14)23(34)32-19-5-12(19)6-20(32)22(33)31-21(11-2-3-11)15-7-18(26)16(8-17(15)25)24(27,28)29/h4,7-12,19-21H,2-3,5-6H2,1H3,(H,31,33)/t12?,19?,20?,21-/m1/s1. The first-order valence-corrected chi connectivity index (χ1v) is 13.5. The number of carbonyl (C=O) groups excluding carboxylic acids is 2. The first-order valence-electron chi connectivity index (χ1n) is 11.6. The molecule has 1 aliphatic heterocycles. The molecule has 5 rings (SSSR count). The molecule has 2 amide bonds. The number of alkyl halides is 3. The fourth-order valence-corrected chi connectivity index (χ4v) is 5.61. The summed E-state index contributed by atoms with van der Waals surface area (Å²) in [5.74, 6) is -4.37. The Balaban J connectivity index is 1.40. The van der Waals surface area contributed by atoms with Gasteiger partial charge in [0.25, 0.3) is 5.91 Å². The van der Waals surface area contributed by atoms with Crippen LogP contribution in [0.25, 0.3) is 0 Å². The summed E-state index contributed by atoms with van der Waals surface area (Å²) in [6, 6.07) is -0.504. The number of carbonyl (C=O) groups is 2. The summed E-state index contributed by atoms with van der Waals surface area (Å²) in [4.78, 5) is 31.6. The molecule has 3 unspecified atom stereocenters. The number of hydrogen-bond donors (Lipinski definition) is 1. The second kappa shape index (κ2) is 8.74. The SMILES string of the molecule is CS(=O)(=O)c1cncc(C(=O)N2C(C(=O)N[C@@H](c3cc(F)c(C(F)(F)F)cc3F)C3CC3)CC3CC32)c1. The van der Waals surface area contributed by atoms with E-state index in [-0.39, 0.29) is 40.0 Å². The molecule has 4 atom stereocenters. The number of hydrogen-bond acceptors (Lipinski definition) is 5. The van der Waals surface area contributed by atoms with Crippen LogP contribution in [0.3, 0.4) is 0 Å². The molecule has 1 saturated heterocycles. The van der Waals surface area contributed by atoms with E-state index >= 15 is 0 Å². The largest absolute Gasteiger partial charge is 0.419 e. The van der Waals surface area contributed by atoms with Crippen molar-refractivity contribution in [3.8, 4) is 0 Å². The lowest BCUT2D eigenvalue weighted by atomic mass is 9.98. The molecule has 1 aromatic heterocycles. The van der Waals surface area contributed by atoms with Crippen LogP contribution in [0, 0.1) is 23.5 Å². The zero-order chi connectivity index (χ0) is 26.9. The van der Waals surface area contributed by atoms with E-state index in [1.54, 1.807) is 0 Å². The highest BCUT2D eigenvalue weighted by Crippen LogP contribution is 2.49. The van der Waals surface area contributed by atoms with Gasteiger partial charge >= 0.3 is 6.18 Å². The van der Waals surface area contributed by atoms with Gasteiger partial charge in [0.2, 0.25) is 5.91 Å². The number of aromatic nitrogens is 1. The number of piperidine rings is 1. The highest BCUT2D eigenvalue weighted by molar-refractivity contribution is 7.90. The summed E-state index contributed by atoms with van der Waals surface area (Å²) in [5, 5.41) is 2.64. The van der Waals surface area contributed by atoms with Crippen molar-refractivity contribution in [2.45, 2.75) is 54.9 Å². The minimum atomic E-state index is -5.07. The van der Waals surface area contributed by atoms with Crippen LogP contribution >= 0.6 is 0 Å². The Labute approximate surface area is 209 Å². The molecule has 2 saturated carbocycles. The fraction of sp³-hybridized carbons (Fsp3) is 0.458. The zero-order valence-electron chi connectivity index (χ0n) is 19.4. The second-order valence-electron chi connectivity index (χ2n) is 9.88. The predicted molar refractivity (Wildman–Crippen MR) is 119 cm³/mol. The number of rotatable bonds is 6. The van der Waals surface area contributed by atoms with Crippen molar-refractivity contribution in [3.63, 3.8) is 0 Å². The lowest BCUT2D eigenvalue weighted by Gasteiger charge is -2.29. The molecule has 1 aromatic carbocycles. The normalized spacial score (nSPS) is 23.9. The van der Waals surface area contributed by atoms with Crippen molar-refractivity contribution in [3.05, 3.63) is 58.9 Å². The van der Waals surface area contributed by atoms with E-state index in [1.165, 1.54) is 17.2 Å². The van der Waals surface area contributed by atoms with Gasteiger partial charge in [-0.05, 0) is 55.7 Å². The van der Waals surface area contributed by atoms with Gasteiger partial charge < -0.3 is 10.2 Å². The average Bonchev–Trinajstić information content (AvgIpc) is 3.75. The average molecular weight is 544 g/mol. The highest BCUT2D eigenvalue weighted by Gasteiger charge is 2.56. The van der Waals surface area contributed by atoms with E-state index in [0.29, 0.717) is 31.7 Å². The Bertz CT molecular complexity index is 1390. The number of pyridine rings is 1. The molecule has 3 aliphatic rings. The summed E-state index contributed by atoms with van der Waals surface area (Å²) in [6.45, 7) is 0. The van der Waals surface area contributed by atoms with E-state index in [1.807, 2.05) is 0 Å². The number of benzene rings is 1. The summed E-state index contributed by atoms with van der Waals surface area (Å²) in [6.07, 6.45) is 0.333. The molecular weight excluding hydrogens is 521 g/mol. The van der Waals surface area contributed by atoms with Crippen LogP contribution in [0.2, 0.25) is 0 Å². The first kappa shape index (κ1) is 25.6. The second-order valence-corrected chi connectivity index (χ2v) is 11.9. The number of fused-ring (bicyclic) bond motifs is 1. The van der Waals surface area contributed by atoms with Gasteiger partial charge in [-0.2, -0.15) is 13.2 Å². The number of amides is 2. The van der Waals surface area contributed by atoms with Crippen LogP contribution < -0.4 is 5.32 Å². The van der Waals surface area contributed by atoms with Crippen molar-refractivity contribution in [2.75, 3.05) is 6.26 Å². The smallest absolute Gasteiger partial charge is 0.347 e. The number of halogens is 5. The molecule has 3 fully saturated rings. The molecule has 1 N–H and O–H groups in total. The van der Waals surface area contributed by atoms with Crippen LogP contribution in [-0.2, 0) is 20.8 Å². The number of nitrogens with one attached hydrogen (secondary N) is 1. The minimum absolute atomic E-state index is 0.0112. The van der Waals surface area contributed by atoms with E-state index in [0.717, 1.165) is 12.5 Å². The quantitative estimate of drug-likeness (QED) is 0.562. The van der Waals surface area contributed by atoms with Gasteiger partial charge in [-0.15, -0.1) is 0 Å². The third-order valence-electron chi connectivity index (χ3n) is 7.15. The molecule has 37 heavy (non-hydrogen) atoms. The van der Waals surface area contributed by atoms with E-state index in [4.69, 9.17) is 0 Å². The van der Waals surface area contributed by atoms with Crippen molar-refractivity contribution in [1.29, 1.82) is 0 Å². The minimum Gasteiger partial charge on any atom is -0.347 e. The molecular formula is C24H22F5N3O4S. The molecule has 2 heterocycles. The van der Waals surface area contributed by atoms with Crippen molar-refractivity contribution in [1.82, 2.24) is 15.2 Å². The topological polar surface area (TPSA) is 96.4 Å². The molecule has 13 heteroatoms. The van der Waals surface area contributed by atoms with Gasteiger partial charge in [-0.3, -0.25) is 14.6 Å². The monoisotopic (exact) mass is 543 g/mol. The van der Waals surface area contributed by atoms with Gasteiger partial charge in [0.15, 0.2) is 9.84 Å². The Kier molecular flexibility index (Phi) is 6.04. The number of nitrogens with zero attached hydrogens (tertiary/aromatic N) is 2. The van der Waals surface area contributed by atoms with E-state index in [2.05, 4.69) is 10.3 Å². The lowest BCUT2D eigenvalue weighted by molar-refractivity contribution is -0.140. The van der Waals surface area contributed by atoms with E-state index in [9.17, 15) is 40.0 Å². The molecule has 198 valence electrons. The third kappa shape index (κ3) is 4.92. The fourth-order valence-electron chi connectivity index (χ4n) is 5.02. The maximum atomic E-state index is 14.7. The third-order valence-corrected chi connectivity index (χ3v) is 8.23. The Hall–Kier alpha value is -3.09. The van der Waals surface area contributed by atoms with Crippen LogP contribution in [0.1, 0.15) is 53.2 Å². The van der Waals surface area contributed by atoms with Crippen LogP contribution in [0.5, 0.6) is 0 Å². The lowest BCUT2D eigenvalue weighted by Crippen LogP contribution is -2.49. The van der Waals surface area contributed by atoms with Crippen LogP contribution in [0.4, 0.5) is 22.0 Å². The molecule has 0 radical (unpaired) electrons. The molecule has 2 aliphatic carbocycles. The number of likely N-dealkylation sites (tertiary alicyclic amines) is 1. The Morgan fingerprint density at radius 1 is 1.08 bits per heavy atom. The van der Waals surface area contributed by atoms with Crippen LogP contribution in [-0.4, -0.2) is 48.5 Å². The first-order chi connectivity index (χ1) is 17.3. The predicted octanol–water partition coefficient (Wildman–Crippen LogP) is 3.65. The summed E-state index contributed by atoms with van der Waals surface area (Å²) in [7, 11) is -3.63. The maximum absolute atomic E-state index is 14.7. The summed E-state index contributed by atoms with van der Waals surface area (Å²) < 4.78 is 91.7. The van der Waals surface area contributed by atoms with E-state index < -0.39 is 57.1 Å². The van der Waals surface area contributed by atoms with Crippen LogP contribution in [0.15, 0.2) is 35.5 Å². The molecule has 7 nitrogen and oxygen atoms in total. The zero-order valence-corrected chi connectivity index (χ0v) is 20.2. The number of sulfone groups is 1. The summed E-state index contributed by atoms with van der Waals surface area (Å²) in [5.41, 5.74) is -2.12. The summed E-state index contributed by atoms with van der Waals surface area (Å²) >= 11 is 0. The van der Waals surface area contributed by atoms with Gasteiger partial charge in [0.05, 0.1) is 22.1 Å². The van der Waals surface area contributed by atoms with Crippen molar-refractivity contribution in [2.24, 2.45) is 11.8 Å². The molecule has 0 bridgehead atoms. The van der Waals surface area contributed by atoms with Gasteiger partial charge in [0.1, 0.15) is 17.7 Å². The van der Waals surface area contributed by atoms with Gasteiger partial charge in [-0.25, -0.2) is 17.2 Å². The maximum Gasteiger partial charge on any atom is 0.419 e. The Morgan fingerprint density at radius 3 is 2.41 bits per heavy atom. The Morgan fingerprint density at radius 2 is 1.78 bits per heavy atom. The highest BCUT2D eigenvalue weighted by atomic mass is 32.2. The molecule has 2 aromatic rings. The van der Waals surface area contributed by atoms with Gasteiger partial charge in [0, 0.05) is 30.3 Å². The van der Waals surface area contributed by atoms with Crippen molar-refractivity contribution < 1.29 is 40.0 Å².